The zero-order valence-corrected chi connectivity index (χ0v) is 19.7. The number of alkyl halides is 5. The summed E-state index contributed by atoms with van der Waals surface area (Å²) in [4.78, 5) is 42.4. The van der Waals surface area contributed by atoms with Gasteiger partial charge in [-0.1, -0.05) is 48.5 Å². The highest BCUT2D eigenvalue weighted by Gasteiger charge is 2.42. The average Bonchev–Trinajstić information content (AvgIpc) is 2.93. The monoisotopic (exact) mass is 524 g/mol. The van der Waals surface area contributed by atoms with E-state index in [0.29, 0.717) is 29.4 Å². The Balaban J connectivity index is 1.99. The maximum Gasteiger partial charge on any atom is 0.389 e. The predicted molar refractivity (Wildman–Crippen MR) is 126 cm³/mol. The van der Waals surface area contributed by atoms with Gasteiger partial charge in [-0.15, -0.1) is 0 Å². The maximum absolute atomic E-state index is 13.7. The minimum atomic E-state index is -4.73. The molecule has 12 heteroatoms. The summed E-state index contributed by atoms with van der Waals surface area (Å²) in [5, 5.41) is 4.85. The van der Waals surface area contributed by atoms with Crippen molar-refractivity contribution < 1.29 is 36.3 Å². The number of hydrogen-bond donors (Lipinski definition) is 3. The SMILES string of the molecule is CC(F)(F)C[C@H](C(N)=O)[C@@H](CCC(F)(F)F)C(=O)N[C@H]1N=C(c2ccccc2)c2ccccc2NC1=O. The number of fused-ring (bicyclic) bond motifs is 1. The number of amides is 3. The molecule has 3 amide bonds. The van der Waals surface area contributed by atoms with Crippen LogP contribution in [0.4, 0.5) is 27.6 Å². The Morgan fingerprint density at radius 1 is 1.03 bits per heavy atom. The highest BCUT2D eigenvalue weighted by molar-refractivity contribution is 6.19. The lowest BCUT2D eigenvalue weighted by molar-refractivity contribution is -0.148. The van der Waals surface area contributed by atoms with E-state index in [1.54, 1.807) is 54.6 Å². The van der Waals surface area contributed by atoms with E-state index in [0.717, 1.165) is 0 Å². The number of nitrogens with one attached hydrogen (secondary N) is 2. The molecule has 37 heavy (non-hydrogen) atoms. The van der Waals surface area contributed by atoms with Crippen molar-refractivity contribution in [3.05, 3.63) is 65.7 Å². The molecule has 0 aromatic heterocycles. The van der Waals surface area contributed by atoms with Gasteiger partial charge in [0.05, 0.1) is 23.2 Å². The van der Waals surface area contributed by atoms with Crippen LogP contribution in [0.1, 0.15) is 37.3 Å². The highest BCUT2D eigenvalue weighted by Crippen LogP contribution is 2.33. The lowest BCUT2D eigenvalue weighted by Gasteiger charge is -2.27. The summed E-state index contributed by atoms with van der Waals surface area (Å²) < 4.78 is 66.4. The third kappa shape index (κ3) is 7.58. The third-order valence-corrected chi connectivity index (χ3v) is 5.78. The molecule has 0 saturated carbocycles. The first-order valence-corrected chi connectivity index (χ1v) is 11.3. The molecular weight excluding hydrogens is 499 g/mol. The van der Waals surface area contributed by atoms with Gasteiger partial charge in [0.15, 0.2) is 0 Å². The van der Waals surface area contributed by atoms with Gasteiger partial charge in [0, 0.05) is 24.0 Å². The van der Waals surface area contributed by atoms with Crippen LogP contribution in [0.15, 0.2) is 59.6 Å². The van der Waals surface area contributed by atoms with Crippen LogP contribution >= 0.6 is 0 Å². The molecule has 0 saturated heterocycles. The Bertz CT molecular complexity index is 1180. The molecule has 198 valence electrons. The molecule has 4 N–H and O–H groups in total. The number of benzodiazepines with no additional fused rings is 1. The molecule has 0 radical (unpaired) electrons. The molecule has 2 aromatic rings. The molecule has 3 atom stereocenters. The number of anilines is 1. The summed E-state index contributed by atoms with van der Waals surface area (Å²) in [5.74, 6) is -10.7. The Morgan fingerprint density at radius 3 is 2.24 bits per heavy atom. The van der Waals surface area contributed by atoms with Gasteiger partial charge in [-0.3, -0.25) is 14.4 Å². The fraction of sp³-hybridized carbons (Fsp3) is 0.360. The highest BCUT2D eigenvalue weighted by atomic mass is 19.4. The molecule has 0 spiro atoms. The second-order valence-electron chi connectivity index (χ2n) is 8.83. The molecule has 1 aliphatic heterocycles. The number of nitrogens with zero attached hydrogens (tertiary/aromatic N) is 1. The quantitative estimate of drug-likeness (QED) is 0.431. The molecule has 0 fully saturated rings. The molecule has 1 aliphatic rings. The van der Waals surface area contributed by atoms with Crippen LogP contribution in [-0.4, -0.2) is 41.7 Å². The average molecular weight is 524 g/mol. The number of nitrogens with two attached hydrogens (primary N) is 1. The van der Waals surface area contributed by atoms with Gasteiger partial charge in [-0.25, -0.2) is 13.8 Å². The van der Waals surface area contributed by atoms with E-state index in [9.17, 15) is 36.3 Å². The Morgan fingerprint density at radius 2 is 1.65 bits per heavy atom. The van der Waals surface area contributed by atoms with E-state index in [1.165, 1.54) is 0 Å². The van der Waals surface area contributed by atoms with Gasteiger partial charge in [-0.05, 0) is 19.4 Å². The van der Waals surface area contributed by atoms with Crippen molar-refractivity contribution in [2.24, 2.45) is 22.6 Å². The van der Waals surface area contributed by atoms with Crippen molar-refractivity contribution in [3.8, 4) is 0 Å². The molecule has 2 aromatic carbocycles. The van der Waals surface area contributed by atoms with Gasteiger partial charge in [0.1, 0.15) is 0 Å². The Kier molecular flexibility index (Phi) is 8.29. The fourth-order valence-corrected chi connectivity index (χ4v) is 4.08. The van der Waals surface area contributed by atoms with Crippen molar-refractivity contribution in [2.75, 3.05) is 5.32 Å². The molecule has 0 bridgehead atoms. The molecular formula is C25H25F5N4O3. The number of carbonyl (C=O) groups is 3. The van der Waals surface area contributed by atoms with E-state index < -0.39 is 67.1 Å². The van der Waals surface area contributed by atoms with Gasteiger partial charge >= 0.3 is 6.18 Å². The molecule has 0 unspecified atom stereocenters. The fourth-order valence-electron chi connectivity index (χ4n) is 4.08. The van der Waals surface area contributed by atoms with Crippen LogP contribution in [0, 0.1) is 11.8 Å². The van der Waals surface area contributed by atoms with Gasteiger partial charge in [-0.2, -0.15) is 13.2 Å². The molecule has 0 aliphatic carbocycles. The second kappa shape index (κ2) is 11.1. The first-order valence-electron chi connectivity index (χ1n) is 11.3. The maximum atomic E-state index is 13.7. The second-order valence-corrected chi connectivity index (χ2v) is 8.83. The van der Waals surface area contributed by atoms with Crippen molar-refractivity contribution in [2.45, 2.75) is 44.5 Å². The topological polar surface area (TPSA) is 114 Å². The van der Waals surface area contributed by atoms with Crippen molar-refractivity contribution >= 4 is 29.1 Å². The Hall–Kier alpha value is -3.83. The van der Waals surface area contributed by atoms with E-state index in [4.69, 9.17) is 5.73 Å². The lowest BCUT2D eigenvalue weighted by Crippen LogP contribution is -2.48. The smallest absolute Gasteiger partial charge is 0.369 e. The number of benzene rings is 2. The molecule has 3 rings (SSSR count). The standard InChI is InChI=1S/C25H25F5N4O3/c1-24(26,27)13-17(20(31)35)15(11-12-25(28,29)30)22(36)34-21-23(37)32-18-10-6-5-9-16(18)19(33-21)14-7-3-2-4-8-14/h2-10,15,17,21H,11-13H2,1H3,(H2,31,35)(H,32,37)(H,34,36)/t15-,17+,21-/m1/s1. The predicted octanol–water partition coefficient (Wildman–Crippen LogP) is 4.02. The number of primary amides is 1. The summed E-state index contributed by atoms with van der Waals surface area (Å²) in [7, 11) is 0. The normalized spacial score (nSPS) is 17.5. The van der Waals surface area contributed by atoms with E-state index in [2.05, 4.69) is 15.6 Å². The van der Waals surface area contributed by atoms with E-state index in [1.807, 2.05) is 0 Å². The third-order valence-electron chi connectivity index (χ3n) is 5.78. The number of para-hydroxylation sites is 1. The molecule has 7 nitrogen and oxygen atoms in total. The van der Waals surface area contributed by atoms with Gasteiger partial charge in [0.2, 0.25) is 23.9 Å². The first-order chi connectivity index (χ1) is 17.2. The van der Waals surface area contributed by atoms with Gasteiger partial charge < -0.3 is 16.4 Å². The van der Waals surface area contributed by atoms with Crippen molar-refractivity contribution in [3.63, 3.8) is 0 Å². The summed E-state index contributed by atoms with van der Waals surface area (Å²) in [6.07, 6.45) is -10.1. The summed E-state index contributed by atoms with van der Waals surface area (Å²) in [5.41, 5.74) is 7.01. The zero-order chi connectivity index (χ0) is 27.4. The number of rotatable bonds is 9. The molecule has 1 heterocycles. The zero-order valence-electron chi connectivity index (χ0n) is 19.7. The summed E-state index contributed by atoms with van der Waals surface area (Å²) in [6.45, 7) is 0.466. The van der Waals surface area contributed by atoms with Gasteiger partial charge in [0.25, 0.3) is 5.91 Å². The summed E-state index contributed by atoms with van der Waals surface area (Å²) in [6, 6.07) is 15.3. The number of aliphatic imine (C=N–C) groups is 1. The van der Waals surface area contributed by atoms with Crippen LogP contribution in [0.3, 0.4) is 0 Å². The van der Waals surface area contributed by atoms with E-state index >= 15 is 0 Å². The van der Waals surface area contributed by atoms with Crippen LogP contribution in [0.25, 0.3) is 0 Å². The van der Waals surface area contributed by atoms with Crippen LogP contribution in [0.2, 0.25) is 0 Å². The number of halogens is 5. The van der Waals surface area contributed by atoms with Crippen LogP contribution < -0.4 is 16.4 Å². The van der Waals surface area contributed by atoms with E-state index in [-0.39, 0.29) is 0 Å². The minimum Gasteiger partial charge on any atom is -0.369 e. The Labute approximate surface area is 209 Å². The number of carbonyl (C=O) groups excluding carboxylic acids is 3. The minimum absolute atomic E-state index is 0.304. The van der Waals surface area contributed by atoms with Crippen molar-refractivity contribution in [1.29, 1.82) is 0 Å². The first kappa shape index (κ1) is 27.8. The van der Waals surface area contributed by atoms with Crippen LogP contribution in [0.5, 0.6) is 0 Å². The lowest BCUT2D eigenvalue weighted by atomic mass is 9.83. The van der Waals surface area contributed by atoms with Crippen LogP contribution in [-0.2, 0) is 14.4 Å². The number of hydrogen-bond acceptors (Lipinski definition) is 4. The largest absolute Gasteiger partial charge is 0.389 e. The summed E-state index contributed by atoms with van der Waals surface area (Å²) >= 11 is 0. The van der Waals surface area contributed by atoms with Crippen molar-refractivity contribution in [1.82, 2.24) is 5.32 Å².